The van der Waals surface area contributed by atoms with E-state index in [9.17, 15) is 23.9 Å². The topological polar surface area (TPSA) is 116 Å². The molecule has 3 rings (SSSR count). The lowest BCUT2D eigenvalue weighted by Gasteiger charge is -2.35. The highest BCUT2D eigenvalue weighted by atomic mass is 19.1. The normalized spacial score (nSPS) is 14.0. The highest BCUT2D eigenvalue weighted by Crippen LogP contribution is 2.18. The van der Waals surface area contributed by atoms with Crippen molar-refractivity contribution in [3.05, 3.63) is 53.1 Å². The number of piperazine rings is 1. The highest BCUT2D eigenvalue weighted by Gasteiger charge is 2.28. The van der Waals surface area contributed by atoms with Crippen LogP contribution >= 0.6 is 0 Å². The van der Waals surface area contributed by atoms with Crippen molar-refractivity contribution in [1.82, 2.24) is 19.8 Å². The fraction of sp³-hybridized carbons (Fsp3) is 0.458. The standard InChI is InChI=1S/C24H30FN5O5/c1-16-19(21(33)30(15-20(31)32)14-17-5-7-18(25)8-6-17)13-26-22(27-16)28-9-11-29(12-10-28)23(34)35-24(2,3)4/h5-8,13H,9-12,14-15H2,1-4H3,(H,31,32). The summed E-state index contributed by atoms with van der Waals surface area (Å²) in [4.78, 5) is 50.2. The molecule has 1 aliphatic rings. The van der Waals surface area contributed by atoms with Crippen LogP contribution in [0.25, 0.3) is 0 Å². The molecule has 0 bridgehead atoms. The zero-order valence-electron chi connectivity index (χ0n) is 20.3. The van der Waals surface area contributed by atoms with Crippen molar-refractivity contribution in [2.75, 3.05) is 37.6 Å². The molecule has 1 fully saturated rings. The van der Waals surface area contributed by atoms with Gasteiger partial charge in [-0.1, -0.05) is 12.1 Å². The Morgan fingerprint density at radius 1 is 1.11 bits per heavy atom. The van der Waals surface area contributed by atoms with Gasteiger partial charge in [0, 0.05) is 38.9 Å². The molecule has 0 unspecified atom stereocenters. The molecule has 1 aromatic carbocycles. The largest absolute Gasteiger partial charge is 0.480 e. The van der Waals surface area contributed by atoms with E-state index in [1.807, 2.05) is 25.7 Å². The Bertz CT molecular complexity index is 1080. The predicted octanol–water partition coefficient (Wildman–Crippen LogP) is 2.71. The zero-order chi connectivity index (χ0) is 25.8. The SMILES string of the molecule is Cc1nc(N2CCN(C(=O)OC(C)(C)C)CC2)ncc1C(=O)N(CC(=O)O)Cc1ccc(F)cc1. The number of carbonyl (C=O) groups excluding carboxylic acids is 2. The van der Waals surface area contributed by atoms with Gasteiger partial charge < -0.3 is 24.5 Å². The molecule has 188 valence electrons. The number of hydrogen-bond donors (Lipinski definition) is 1. The second-order valence-electron chi connectivity index (χ2n) is 9.30. The van der Waals surface area contributed by atoms with Crippen molar-refractivity contribution < 1.29 is 28.6 Å². The van der Waals surface area contributed by atoms with Gasteiger partial charge in [0.1, 0.15) is 18.0 Å². The van der Waals surface area contributed by atoms with E-state index in [1.165, 1.54) is 30.5 Å². The third kappa shape index (κ3) is 7.11. The molecule has 10 nitrogen and oxygen atoms in total. The maximum Gasteiger partial charge on any atom is 0.410 e. The molecule has 0 saturated carbocycles. The number of aromatic nitrogens is 2. The Labute approximate surface area is 203 Å². The van der Waals surface area contributed by atoms with Crippen LogP contribution in [0, 0.1) is 12.7 Å². The Kier molecular flexibility index (Phi) is 7.88. The van der Waals surface area contributed by atoms with Crippen molar-refractivity contribution in [3.8, 4) is 0 Å². The summed E-state index contributed by atoms with van der Waals surface area (Å²) >= 11 is 0. The summed E-state index contributed by atoms with van der Waals surface area (Å²) in [5.41, 5.74) is 0.620. The first-order valence-corrected chi connectivity index (χ1v) is 11.2. The van der Waals surface area contributed by atoms with Crippen LogP contribution in [0.4, 0.5) is 15.1 Å². The highest BCUT2D eigenvalue weighted by molar-refractivity contribution is 5.96. The summed E-state index contributed by atoms with van der Waals surface area (Å²) in [6, 6.07) is 5.51. The number of anilines is 1. The number of ether oxygens (including phenoxy) is 1. The van der Waals surface area contributed by atoms with Crippen LogP contribution in [0.5, 0.6) is 0 Å². The third-order valence-electron chi connectivity index (χ3n) is 5.31. The molecule has 1 N–H and O–H groups in total. The van der Waals surface area contributed by atoms with Crippen molar-refractivity contribution in [3.63, 3.8) is 0 Å². The Hall–Kier alpha value is -3.76. The molecule has 35 heavy (non-hydrogen) atoms. The van der Waals surface area contributed by atoms with Gasteiger partial charge in [-0.05, 0) is 45.4 Å². The molecule has 2 heterocycles. The third-order valence-corrected chi connectivity index (χ3v) is 5.31. The lowest BCUT2D eigenvalue weighted by Crippen LogP contribution is -2.50. The van der Waals surface area contributed by atoms with Gasteiger partial charge in [-0.25, -0.2) is 19.2 Å². The van der Waals surface area contributed by atoms with Crippen LogP contribution in [-0.2, 0) is 16.1 Å². The number of carboxylic acids is 1. The summed E-state index contributed by atoms with van der Waals surface area (Å²) in [5, 5.41) is 9.28. The molecule has 0 radical (unpaired) electrons. The summed E-state index contributed by atoms with van der Waals surface area (Å²) in [5.74, 6) is -1.70. The molecule has 1 saturated heterocycles. The average Bonchev–Trinajstić information content (AvgIpc) is 2.78. The molecule has 2 amide bonds. The van der Waals surface area contributed by atoms with Gasteiger partial charge in [-0.3, -0.25) is 9.59 Å². The number of carbonyl (C=O) groups is 3. The Morgan fingerprint density at radius 2 is 1.74 bits per heavy atom. The lowest BCUT2D eigenvalue weighted by molar-refractivity contribution is -0.137. The van der Waals surface area contributed by atoms with Gasteiger partial charge in [-0.15, -0.1) is 0 Å². The van der Waals surface area contributed by atoms with Crippen LogP contribution in [0.1, 0.15) is 42.4 Å². The summed E-state index contributed by atoms with van der Waals surface area (Å²) in [6.07, 6.45) is 1.02. The number of halogens is 1. The minimum atomic E-state index is -1.17. The van der Waals surface area contributed by atoms with E-state index in [-0.39, 0.29) is 18.2 Å². The molecule has 1 aromatic heterocycles. The van der Waals surface area contributed by atoms with Gasteiger partial charge in [-0.2, -0.15) is 0 Å². The summed E-state index contributed by atoms with van der Waals surface area (Å²) < 4.78 is 18.6. The van der Waals surface area contributed by atoms with Crippen molar-refractivity contribution >= 4 is 23.9 Å². The van der Waals surface area contributed by atoms with E-state index in [0.29, 0.717) is 43.4 Å². The first-order valence-electron chi connectivity index (χ1n) is 11.2. The average molecular weight is 488 g/mol. The van der Waals surface area contributed by atoms with Crippen LogP contribution < -0.4 is 4.90 Å². The van der Waals surface area contributed by atoms with Crippen molar-refractivity contribution in [2.24, 2.45) is 0 Å². The maximum absolute atomic E-state index is 13.2. The maximum atomic E-state index is 13.2. The van der Waals surface area contributed by atoms with E-state index < -0.39 is 29.8 Å². The second kappa shape index (κ2) is 10.7. The lowest BCUT2D eigenvalue weighted by atomic mass is 10.1. The first kappa shape index (κ1) is 25.9. The first-order chi connectivity index (χ1) is 16.4. The van der Waals surface area contributed by atoms with Crippen molar-refractivity contribution in [1.29, 1.82) is 0 Å². The van der Waals surface area contributed by atoms with E-state index in [4.69, 9.17) is 4.74 Å². The minimum Gasteiger partial charge on any atom is -0.480 e. The van der Waals surface area contributed by atoms with E-state index >= 15 is 0 Å². The van der Waals surface area contributed by atoms with Gasteiger partial charge in [0.05, 0.1) is 11.3 Å². The molecule has 0 spiro atoms. The molecule has 0 atom stereocenters. The Balaban J connectivity index is 1.69. The van der Waals surface area contributed by atoms with E-state index in [2.05, 4.69) is 9.97 Å². The number of aliphatic carboxylic acids is 1. The van der Waals surface area contributed by atoms with Crippen molar-refractivity contribution in [2.45, 2.75) is 39.8 Å². The van der Waals surface area contributed by atoms with Crippen LogP contribution in [-0.4, -0.2) is 81.2 Å². The molecule has 0 aliphatic carbocycles. The molecular formula is C24H30FN5O5. The van der Waals surface area contributed by atoms with Crippen LogP contribution in [0.15, 0.2) is 30.5 Å². The van der Waals surface area contributed by atoms with Crippen LogP contribution in [0.3, 0.4) is 0 Å². The van der Waals surface area contributed by atoms with E-state index in [1.54, 1.807) is 11.8 Å². The molecule has 2 aromatic rings. The zero-order valence-corrected chi connectivity index (χ0v) is 20.3. The number of aryl methyl sites for hydroxylation is 1. The monoisotopic (exact) mass is 487 g/mol. The van der Waals surface area contributed by atoms with Crippen LogP contribution in [0.2, 0.25) is 0 Å². The summed E-state index contributed by atoms with van der Waals surface area (Å²) in [7, 11) is 0. The quantitative estimate of drug-likeness (QED) is 0.661. The second-order valence-corrected chi connectivity index (χ2v) is 9.30. The fourth-order valence-corrected chi connectivity index (χ4v) is 3.58. The smallest absolute Gasteiger partial charge is 0.410 e. The van der Waals surface area contributed by atoms with Gasteiger partial charge in [0.15, 0.2) is 0 Å². The number of hydrogen-bond acceptors (Lipinski definition) is 7. The van der Waals surface area contributed by atoms with Gasteiger partial charge >= 0.3 is 12.1 Å². The fourth-order valence-electron chi connectivity index (χ4n) is 3.58. The number of carboxylic acid groups (broad SMARTS) is 1. The van der Waals surface area contributed by atoms with Gasteiger partial charge in [0.2, 0.25) is 5.95 Å². The molecule has 1 aliphatic heterocycles. The number of benzene rings is 1. The molecular weight excluding hydrogens is 457 g/mol. The number of amides is 2. The van der Waals surface area contributed by atoms with Gasteiger partial charge in [0.25, 0.3) is 5.91 Å². The van der Waals surface area contributed by atoms with E-state index in [0.717, 1.165) is 4.90 Å². The Morgan fingerprint density at radius 3 is 2.29 bits per heavy atom. The number of rotatable bonds is 6. The molecule has 11 heteroatoms. The minimum absolute atomic E-state index is 0.000764. The number of nitrogens with zero attached hydrogens (tertiary/aromatic N) is 5. The predicted molar refractivity (Wildman–Crippen MR) is 126 cm³/mol. The summed E-state index contributed by atoms with van der Waals surface area (Å²) in [6.45, 7) is 8.48.